The number of nitrogens with two attached hydrogens (primary N) is 2. The Hall–Kier alpha value is -4.71. The number of rotatable bonds is 15. The van der Waals surface area contributed by atoms with Gasteiger partial charge in [-0.15, -0.1) is 0 Å². The molecule has 0 saturated carbocycles. The second-order valence-corrected chi connectivity index (χ2v) is 10.4. The molecule has 5 unspecified atom stereocenters. The molecule has 3 rings (SSSR count). The average Bonchev–Trinajstić information content (AvgIpc) is 3.38. The van der Waals surface area contributed by atoms with Crippen molar-refractivity contribution in [2.24, 2.45) is 17.4 Å². The summed E-state index contributed by atoms with van der Waals surface area (Å²) in [6, 6.07) is 11.6. The minimum Gasteiger partial charge on any atom is -0.480 e. The zero-order chi connectivity index (χ0) is 30.8. The fraction of sp³-hybridized carbons (Fsp3) is 0.367. The van der Waals surface area contributed by atoms with Crippen LogP contribution < -0.4 is 27.4 Å². The van der Waals surface area contributed by atoms with E-state index in [0.29, 0.717) is 12.0 Å². The molecular weight excluding hydrogens is 540 g/mol. The van der Waals surface area contributed by atoms with Crippen LogP contribution in [-0.4, -0.2) is 63.9 Å². The molecule has 0 bridgehead atoms. The van der Waals surface area contributed by atoms with Gasteiger partial charge in [0.2, 0.25) is 23.6 Å². The first-order valence-electron chi connectivity index (χ1n) is 13.8. The number of carboxylic acids is 1. The summed E-state index contributed by atoms with van der Waals surface area (Å²) in [4.78, 5) is 66.3. The number of nitrogens with one attached hydrogen (secondary N) is 4. The fourth-order valence-electron chi connectivity index (χ4n) is 4.51. The molecule has 4 amide bonds. The highest BCUT2D eigenvalue weighted by Gasteiger charge is 2.32. The number of hydrogen-bond donors (Lipinski definition) is 7. The number of amides is 4. The first kappa shape index (κ1) is 31.8. The Morgan fingerprint density at radius 2 is 1.40 bits per heavy atom. The number of para-hydroxylation sites is 1. The molecule has 0 aliphatic carbocycles. The summed E-state index contributed by atoms with van der Waals surface area (Å²) in [5.74, 6) is -4.50. The molecule has 1 aromatic heterocycles. The molecule has 12 heteroatoms. The smallest absolute Gasteiger partial charge is 0.326 e. The zero-order valence-electron chi connectivity index (χ0n) is 23.6. The third kappa shape index (κ3) is 8.64. The fourth-order valence-corrected chi connectivity index (χ4v) is 4.51. The van der Waals surface area contributed by atoms with Crippen LogP contribution >= 0.6 is 0 Å². The van der Waals surface area contributed by atoms with Crippen molar-refractivity contribution >= 4 is 40.5 Å². The van der Waals surface area contributed by atoms with Crippen molar-refractivity contribution in [3.63, 3.8) is 0 Å². The molecule has 0 aliphatic heterocycles. The maximum atomic E-state index is 13.7. The van der Waals surface area contributed by atoms with Crippen LogP contribution in [0.3, 0.4) is 0 Å². The second-order valence-electron chi connectivity index (χ2n) is 10.4. The van der Waals surface area contributed by atoms with E-state index in [1.54, 1.807) is 30.5 Å². The van der Waals surface area contributed by atoms with E-state index < -0.39 is 60.2 Å². The molecular formula is C30H38N6O6. The van der Waals surface area contributed by atoms with Crippen LogP contribution in [-0.2, 0) is 36.8 Å². The van der Waals surface area contributed by atoms with E-state index in [1.165, 1.54) is 0 Å². The van der Waals surface area contributed by atoms with Gasteiger partial charge in [-0.2, -0.15) is 0 Å². The van der Waals surface area contributed by atoms with Gasteiger partial charge in [-0.3, -0.25) is 19.2 Å². The number of carbonyl (C=O) groups is 5. The van der Waals surface area contributed by atoms with Crippen LogP contribution in [0.25, 0.3) is 10.9 Å². The molecule has 224 valence electrons. The van der Waals surface area contributed by atoms with Crippen molar-refractivity contribution in [1.82, 2.24) is 20.9 Å². The van der Waals surface area contributed by atoms with E-state index in [4.69, 9.17) is 11.5 Å². The van der Waals surface area contributed by atoms with Crippen molar-refractivity contribution in [2.45, 2.75) is 63.7 Å². The number of benzene rings is 2. The number of hydrogen-bond acceptors (Lipinski definition) is 6. The first-order chi connectivity index (χ1) is 20.0. The molecule has 1 heterocycles. The summed E-state index contributed by atoms with van der Waals surface area (Å²) >= 11 is 0. The molecule has 9 N–H and O–H groups in total. The van der Waals surface area contributed by atoms with Crippen LogP contribution in [0.15, 0.2) is 60.8 Å². The van der Waals surface area contributed by atoms with Gasteiger partial charge < -0.3 is 37.5 Å². The predicted octanol–water partition coefficient (Wildman–Crippen LogP) is 0.741. The quantitative estimate of drug-likeness (QED) is 0.137. The maximum Gasteiger partial charge on any atom is 0.326 e. The number of aromatic nitrogens is 1. The van der Waals surface area contributed by atoms with Gasteiger partial charge in [-0.05, 0) is 23.1 Å². The molecule has 12 nitrogen and oxygen atoms in total. The Morgan fingerprint density at radius 3 is 2.02 bits per heavy atom. The van der Waals surface area contributed by atoms with Gasteiger partial charge in [0.15, 0.2) is 0 Å². The number of fused-ring (bicyclic) bond motifs is 1. The monoisotopic (exact) mass is 578 g/mol. The number of aromatic amines is 1. The largest absolute Gasteiger partial charge is 0.480 e. The summed E-state index contributed by atoms with van der Waals surface area (Å²) in [5, 5.41) is 18.1. The van der Waals surface area contributed by atoms with Gasteiger partial charge in [0.05, 0.1) is 12.5 Å². The normalized spacial score (nSPS) is 14.6. The van der Waals surface area contributed by atoms with Gasteiger partial charge in [-0.1, -0.05) is 68.8 Å². The van der Waals surface area contributed by atoms with Crippen LogP contribution in [0.2, 0.25) is 0 Å². The van der Waals surface area contributed by atoms with Crippen molar-refractivity contribution in [2.75, 3.05) is 0 Å². The topological polar surface area (TPSA) is 209 Å². The first-order valence-corrected chi connectivity index (χ1v) is 13.8. The molecule has 0 spiro atoms. The highest BCUT2D eigenvalue weighted by Crippen LogP contribution is 2.19. The number of carboxylic acid groups (broad SMARTS) is 1. The lowest BCUT2D eigenvalue weighted by Crippen LogP contribution is -2.58. The average molecular weight is 579 g/mol. The zero-order valence-corrected chi connectivity index (χ0v) is 23.6. The Labute approximate surface area is 243 Å². The number of H-pyrrole nitrogens is 1. The van der Waals surface area contributed by atoms with E-state index in [1.807, 2.05) is 44.2 Å². The molecule has 0 saturated heterocycles. The maximum absolute atomic E-state index is 13.7. The van der Waals surface area contributed by atoms with Gasteiger partial charge >= 0.3 is 5.97 Å². The number of carbonyl (C=O) groups excluding carboxylic acids is 4. The summed E-state index contributed by atoms with van der Waals surface area (Å²) in [6.07, 6.45) is 1.83. The van der Waals surface area contributed by atoms with E-state index >= 15 is 0 Å². The molecule has 5 atom stereocenters. The van der Waals surface area contributed by atoms with Crippen LogP contribution in [0.1, 0.15) is 37.8 Å². The molecule has 0 aliphatic rings. The van der Waals surface area contributed by atoms with E-state index in [-0.39, 0.29) is 18.8 Å². The van der Waals surface area contributed by atoms with Crippen molar-refractivity contribution in [1.29, 1.82) is 0 Å². The lowest BCUT2D eigenvalue weighted by Gasteiger charge is -2.26. The Kier molecular flexibility index (Phi) is 11.2. The molecule has 0 radical (unpaired) electrons. The summed E-state index contributed by atoms with van der Waals surface area (Å²) < 4.78 is 0. The van der Waals surface area contributed by atoms with Gasteiger partial charge in [0.25, 0.3) is 0 Å². The van der Waals surface area contributed by atoms with Crippen molar-refractivity contribution < 1.29 is 29.1 Å². The Balaban J connectivity index is 1.91. The van der Waals surface area contributed by atoms with Gasteiger partial charge in [0.1, 0.15) is 18.1 Å². The highest BCUT2D eigenvalue weighted by molar-refractivity contribution is 5.95. The Morgan fingerprint density at radius 1 is 0.833 bits per heavy atom. The Bertz CT molecular complexity index is 1410. The molecule has 2 aromatic carbocycles. The number of aliphatic carboxylic acids is 1. The van der Waals surface area contributed by atoms with E-state index in [9.17, 15) is 29.1 Å². The molecule has 3 aromatic rings. The molecule has 42 heavy (non-hydrogen) atoms. The minimum absolute atomic E-state index is 0.0110. The standard InChI is InChI=1S/C30H38N6O6/c1-3-17(2)26(32)29(40)35-22(13-18-9-5-4-6-10-18)27(38)34-23(28(39)36-24(30(41)42)15-25(31)37)14-19-16-33-21-12-8-7-11-20(19)21/h4-12,16-17,22-24,26,33H,3,13-15,32H2,1-2H3,(H2,31,37)(H,34,38)(H,35,40)(H,36,39)(H,41,42). The molecule has 0 fully saturated rings. The SMILES string of the molecule is CCC(C)C(N)C(=O)NC(Cc1ccccc1)C(=O)NC(Cc1c[nH]c2ccccc12)C(=O)NC(CC(N)=O)C(=O)O. The van der Waals surface area contributed by atoms with Crippen LogP contribution in [0.4, 0.5) is 0 Å². The highest BCUT2D eigenvalue weighted by atomic mass is 16.4. The van der Waals surface area contributed by atoms with Gasteiger partial charge in [-0.25, -0.2) is 4.79 Å². The van der Waals surface area contributed by atoms with Crippen LogP contribution in [0, 0.1) is 5.92 Å². The lowest BCUT2D eigenvalue weighted by molar-refractivity contribution is -0.143. The van der Waals surface area contributed by atoms with Crippen molar-refractivity contribution in [3.8, 4) is 0 Å². The third-order valence-electron chi connectivity index (χ3n) is 7.23. The van der Waals surface area contributed by atoms with Crippen LogP contribution in [0.5, 0.6) is 0 Å². The third-order valence-corrected chi connectivity index (χ3v) is 7.23. The minimum atomic E-state index is -1.59. The lowest BCUT2D eigenvalue weighted by atomic mass is 9.98. The summed E-state index contributed by atoms with van der Waals surface area (Å²) in [7, 11) is 0. The number of primary amides is 1. The summed E-state index contributed by atoms with van der Waals surface area (Å²) in [5.41, 5.74) is 13.6. The predicted molar refractivity (Wildman–Crippen MR) is 157 cm³/mol. The van der Waals surface area contributed by atoms with E-state index in [0.717, 1.165) is 16.5 Å². The summed E-state index contributed by atoms with van der Waals surface area (Å²) in [6.45, 7) is 3.74. The van der Waals surface area contributed by atoms with E-state index in [2.05, 4.69) is 20.9 Å². The second kappa shape index (κ2) is 14.8. The van der Waals surface area contributed by atoms with Crippen molar-refractivity contribution in [3.05, 3.63) is 71.9 Å². The van der Waals surface area contributed by atoms with Gasteiger partial charge in [0, 0.05) is 29.9 Å².